The third-order valence-electron chi connectivity index (χ3n) is 18.5. The van der Waals surface area contributed by atoms with Gasteiger partial charge in [0.05, 0.1) is 26.4 Å². The van der Waals surface area contributed by atoms with E-state index in [9.17, 15) is 43.2 Å². The minimum Gasteiger partial charge on any atom is -0.462 e. The molecule has 3 N–H and O–H groups in total. The summed E-state index contributed by atoms with van der Waals surface area (Å²) in [6.45, 7) is 9.66. The van der Waals surface area contributed by atoms with Crippen molar-refractivity contribution in [1.29, 1.82) is 0 Å². The van der Waals surface area contributed by atoms with Crippen molar-refractivity contribution < 1.29 is 80.2 Å². The zero-order chi connectivity index (χ0) is 72.1. The number of ether oxygens (including phenoxy) is 4. The lowest BCUT2D eigenvalue weighted by atomic mass is 10.0. The molecule has 0 saturated carbocycles. The molecule has 0 saturated heterocycles. The van der Waals surface area contributed by atoms with Gasteiger partial charge >= 0.3 is 39.5 Å². The topological polar surface area (TPSA) is 237 Å². The highest BCUT2D eigenvalue weighted by Crippen LogP contribution is 2.45. The van der Waals surface area contributed by atoms with Crippen LogP contribution in [-0.2, 0) is 65.4 Å². The highest BCUT2D eigenvalue weighted by molar-refractivity contribution is 7.47. The van der Waals surface area contributed by atoms with Crippen LogP contribution in [-0.4, -0.2) is 96.7 Å². The van der Waals surface area contributed by atoms with Crippen molar-refractivity contribution in [2.45, 2.75) is 432 Å². The number of hydrogen-bond acceptors (Lipinski definition) is 15. The Labute approximate surface area is 600 Å². The predicted octanol–water partition coefficient (Wildman–Crippen LogP) is 23.5. The maximum absolute atomic E-state index is 13.1. The maximum Gasteiger partial charge on any atom is 0.472 e. The molecule has 17 nitrogen and oxygen atoms in total. The Morgan fingerprint density at radius 1 is 0.276 bits per heavy atom. The number of carbonyl (C=O) groups excluding carboxylic acids is 4. The SMILES string of the molecule is CCCCCCCCCCCCCC(=O)O[C@H](COC(=O)CCCCCCCCCCC)COP(=O)(O)OC[C@H](O)COP(=O)(O)OC[C@@H](COC(=O)CCCCCCCCCCCCCCCCC(C)C)OC(=O)CCCCCCCCCCCCCCCCCCCCC(C)C. The Morgan fingerprint density at radius 3 is 0.694 bits per heavy atom. The van der Waals surface area contributed by atoms with Crippen molar-refractivity contribution in [2.75, 3.05) is 39.6 Å². The fourth-order valence-corrected chi connectivity index (χ4v) is 13.8. The van der Waals surface area contributed by atoms with Gasteiger partial charge in [-0.2, -0.15) is 0 Å². The molecular weight excluding hydrogens is 1280 g/mol. The average molecular weight is 1440 g/mol. The van der Waals surface area contributed by atoms with Gasteiger partial charge in [-0.3, -0.25) is 37.3 Å². The molecule has 0 heterocycles. The number of aliphatic hydroxyl groups is 1. The van der Waals surface area contributed by atoms with Gasteiger partial charge in [0.25, 0.3) is 0 Å². The lowest BCUT2D eigenvalue weighted by Gasteiger charge is -2.21. The molecule has 0 aromatic rings. The van der Waals surface area contributed by atoms with E-state index in [1.165, 1.54) is 231 Å². The van der Waals surface area contributed by atoms with Gasteiger partial charge in [-0.15, -0.1) is 0 Å². The van der Waals surface area contributed by atoms with Gasteiger partial charge in [0.1, 0.15) is 19.3 Å². The normalized spacial score (nSPS) is 13.9. The molecule has 0 aliphatic rings. The van der Waals surface area contributed by atoms with Crippen LogP contribution in [0.5, 0.6) is 0 Å². The number of aliphatic hydroxyl groups excluding tert-OH is 1. The molecule has 0 aromatic carbocycles. The van der Waals surface area contributed by atoms with Crippen LogP contribution in [0.1, 0.15) is 414 Å². The molecule has 0 aliphatic heterocycles. The molecular formula is C79H154O17P2. The van der Waals surface area contributed by atoms with Crippen LogP contribution < -0.4 is 0 Å². The predicted molar refractivity (Wildman–Crippen MR) is 400 cm³/mol. The lowest BCUT2D eigenvalue weighted by Crippen LogP contribution is -2.30. The van der Waals surface area contributed by atoms with Crippen molar-refractivity contribution in [3.05, 3.63) is 0 Å². The maximum atomic E-state index is 13.1. The van der Waals surface area contributed by atoms with Crippen LogP contribution in [0.3, 0.4) is 0 Å². The van der Waals surface area contributed by atoms with Crippen molar-refractivity contribution in [1.82, 2.24) is 0 Å². The van der Waals surface area contributed by atoms with Gasteiger partial charge in [0.15, 0.2) is 12.2 Å². The number of unbranched alkanes of at least 4 members (excludes halogenated alkanes) is 48. The zero-order valence-electron chi connectivity index (χ0n) is 64.1. The van der Waals surface area contributed by atoms with Crippen LogP contribution in [0.15, 0.2) is 0 Å². The van der Waals surface area contributed by atoms with Gasteiger partial charge in [-0.1, -0.05) is 363 Å². The number of phosphoric ester groups is 2. The fourth-order valence-electron chi connectivity index (χ4n) is 12.2. The smallest absolute Gasteiger partial charge is 0.462 e. The number of esters is 4. The van der Waals surface area contributed by atoms with E-state index >= 15 is 0 Å². The Hall–Kier alpha value is -1.94. The van der Waals surface area contributed by atoms with Crippen LogP contribution in [0.4, 0.5) is 0 Å². The summed E-state index contributed by atoms with van der Waals surface area (Å²) in [5.41, 5.74) is 0. The number of hydrogen-bond donors (Lipinski definition) is 3. The van der Waals surface area contributed by atoms with Gasteiger partial charge in [-0.25, -0.2) is 9.13 Å². The van der Waals surface area contributed by atoms with Gasteiger partial charge in [-0.05, 0) is 37.5 Å². The molecule has 0 rings (SSSR count). The monoisotopic (exact) mass is 1440 g/mol. The quantitative estimate of drug-likeness (QED) is 0.0222. The van der Waals surface area contributed by atoms with Gasteiger partial charge in [0, 0.05) is 25.7 Å². The molecule has 98 heavy (non-hydrogen) atoms. The summed E-state index contributed by atoms with van der Waals surface area (Å²) in [6, 6.07) is 0. The summed E-state index contributed by atoms with van der Waals surface area (Å²) in [6.07, 6.45) is 59.7. The molecule has 0 spiro atoms. The molecule has 0 aromatic heterocycles. The molecule has 5 atom stereocenters. The Bertz CT molecular complexity index is 1890. The number of carbonyl (C=O) groups is 4. The first-order chi connectivity index (χ1) is 47.4. The summed E-state index contributed by atoms with van der Waals surface area (Å²) >= 11 is 0. The molecule has 0 fully saturated rings. The van der Waals surface area contributed by atoms with E-state index in [0.29, 0.717) is 25.7 Å². The van der Waals surface area contributed by atoms with Crippen molar-refractivity contribution in [3.63, 3.8) is 0 Å². The highest BCUT2D eigenvalue weighted by atomic mass is 31.2. The molecule has 0 bridgehead atoms. The largest absolute Gasteiger partial charge is 0.472 e. The summed E-state index contributed by atoms with van der Waals surface area (Å²) in [4.78, 5) is 72.8. The highest BCUT2D eigenvalue weighted by Gasteiger charge is 2.30. The van der Waals surface area contributed by atoms with Crippen LogP contribution in [0, 0.1) is 11.8 Å². The standard InChI is InChI=1S/C79H154O17P2/c1-7-9-11-13-15-17-30-39-45-51-57-63-78(83)95-74(67-89-76(81)61-55-49-43-35-16-14-12-10-8-2)69-93-97(85,86)91-65-73(80)66-92-98(87,88)94-70-75(68-90-77(82)62-56-50-44-38-33-28-25-24-27-32-37-42-48-54-60-72(5)6)96-79(84)64-58-52-46-40-34-29-23-21-19-18-20-22-26-31-36-41-47-53-59-71(3)4/h71-75,80H,7-70H2,1-6H3,(H,85,86)(H,87,88)/t73-,74+,75+/m0/s1. The van der Waals surface area contributed by atoms with Gasteiger partial charge < -0.3 is 33.8 Å². The van der Waals surface area contributed by atoms with E-state index in [4.69, 9.17) is 37.0 Å². The first-order valence-corrected chi connectivity index (χ1v) is 44.0. The van der Waals surface area contributed by atoms with Crippen molar-refractivity contribution in [3.8, 4) is 0 Å². The lowest BCUT2D eigenvalue weighted by molar-refractivity contribution is -0.161. The van der Waals surface area contributed by atoms with E-state index in [0.717, 1.165) is 102 Å². The van der Waals surface area contributed by atoms with Crippen molar-refractivity contribution >= 4 is 39.5 Å². The Morgan fingerprint density at radius 2 is 0.469 bits per heavy atom. The third-order valence-corrected chi connectivity index (χ3v) is 20.4. The summed E-state index contributed by atoms with van der Waals surface area (Å²) in [5.74, 6) is -0.493. The second kappa shape index (κ2) is 70.7. The third kappa shape index (κ3) is 72.4. The molecule has 0 amide bonds. The van der Waals surface area contributed by atoms with E-state index in [2.05, 4.69) is 41.5 Å². The Kier molecular flexibility index (Phi) is 69.3. The van der Waals surface area contributed by atoms with Gasteiger partial charge in [0.2, 0.25) is 0 Å². The Balaban J connectivity index is 5.19. The number of rotatable bonds is 78. The zero-order valence-corrected chi connectivity index (χ0v) is 65.9. The molecule has 582 valence electrons. The molecule has 0 aliphatic carbocycles. The first kappa shape index (κ1) is 96.1. The molecule has 2 unspecified atom stereocenters. The summed E-state index contributed by atoms with van der Waals surface area (Å²) in [5, 5.41) is 10.6. The van der Waals surface area contributed by atoms with Crippen LogP contribution in [0.2, 0.25) is 0 Å². The van der Waals surface area contributed by atoms with Crippen LogP contribution in [0.25, 0.3) is 0 Å². The minimum atomic E-state index is -4.96. The molecule has 0 radical (unpaired) electrons. The minimum absolute atomic E-state index is 0.107. The van der Waals surface area contributed by atoms with Crippen molar-refractivity contribution in [2.24, 2.45) is 11.8 Å². The van der Waals surface area contributed by atoms with Crippen LogP contribution >= 0.6 is 15.6 Å². The number of phosphoric acid groups is 2. The average Bonchev–Trinajstić information content (AvgIpc) is 1.29. The van der Waals surface area contributed by atoms with E-state index in [1.807, 2.05) is 0 Å². The summed E-state index contributed by atoms with van der Waals surface area (Å²) < 4.78 is 68.6. The second-order valence-corrected chi connectivity index (χ2v) is 32.3. The van der Waals surface area contributed by atoms with E-state index in [-0.39, 0.29) is 25.7 Å². The fraction of sp³-hybridized carbons (Fsp3) is 0.949. The van der Waals surface area contributed by atoms with E-state index in [1.54, 1.807) is 0 Å². The first-order valence-electron chi connectivity index (χ1n) is 41.0. The molecule has 19 heteroatoms. The van der Waals surface area contributed by atoms with E-state index < -0.39 is 97.5 Å². The second-order valence-electron chi connectivity index (χ2n) is 29.4. The summed E-state index contributed by atoms with van der Waals surface area (Å²) in [7, 11) is -9.91.